The summed E-state index contributed by atoms with van der Waals surface area (Å²) >= 11 is 6.14. The largest absolute Gasteiger partial charge is 0.330 e. The van der Waals surface area contributed by atoms with Crippen LogP contribution in [0.2, 0.25) is 5.02 Å². The summed E-state index contributed by atoms with van der Waals surface area (Å²) in [6.45, 7) is 0.724. The zero-order chi connectivity index (χ0) is 9.97. The van der Waals surface area contributed by atoms with Crippen LogP contribution in [0.5, 0.6) is 0 Å². The molecule has 2 heteroatoms. The molecule has 0 aliphatic heterocycles. The molecule has 1 atom stereocenters. The Morgan fingerprint density at radius 3 is 3.07 bits per heavy atom. The molecule has 0 heterocycles. The molecule has 0 radical (unpaired) electrons. The number of hydrogen-bond acceptors (Lipinski definition) is 1. The van der Waals surface area contributed by atoms with Gasteiger partial charge < -0.3 is 5.73 Å². The van der Waals surface area contributed by atoms with E-state index in [2.05, 4.69) is 18.2 Å². The molecule has 74 valence electrons. The molecule has 1 aromatic rings. The van der Waals surface area contributed by atoms with E-state index >= 15 is 0 Å². The third kappa shape index (κ3) is 1.84. The van der Waals surface area contributed by atoms with Crippen LogP contribution in [-0.2, 0) is 6.42 Å². The predicted molar refractivity (Wildman–Crippen MR) is 61.4 cm³/mol. The summed E-state index contributed by atoms with van der Waals surface area (Å²) in [5, 5.41) is 0.879. The number of benzene rings is 1. The molecule has 1 unspecified atom stereocenters. The maximum Gasteiger partial charge on any atom is 0.0443 e. The van der Waals surface area contributed by atoms with Crippen LogP contribution in [0.4, 0.5) is 0 Å². The van der Waals surface area contributed by atoms with Gasteiger partial charge in [0.25, 0.3) is 0 Å². The molecule has 0 fully saturated rings. The SMILES string of the molecule is NCC1C=Cc2cccc(Cl)c2CC1. The van der Waals surface area contributed by atoms with E-state index < -0.39 is 0 Å². The molecule has 1 aromatic carbocycles. The van der Waals surface area contributed by atoms with Gasteiger partial charge in [-0.25, -0.2) is 0 Å². The monoisotopic (exact) mass is 207 g/mol. The average molecular weight is 208 g/mol. The van der Waals surface area contributed by atoms with Gasteiger partial charge in [-0.1, -0.05) is 35.9 Å². The van der Waals surface area contributed by atoms with Crippen LogP contribution in [-0.4, -0.2) is 6.54 Å². The predicted octanol–water partition coefficient (Wildman–Crippen LogP) is 2.87. The second kappa shape index (κ2) is 4.16. The van der Waals surface area contributed by atoms with Crippen LogP contribution in [0.25, 0.3) is 6.08 Å². The highest BCUT2D eigenvalue weighted by atomic mass is 35.5. The first-order valence-corrected chi connectivity index (χ1v) is 5.34. The summed E-state index contributed by atoms with van der Waals surface area (Å²) in [5.41, 5.74) is 8.17. The molecule has 2 N–H and O–H groups in total. The van der Waals surface area contributed by atoms with Crippen molar-refractivity contribution in [3.8, 4) is 0 Å². The third-order valence-corrected chi connectivity index (χ3v) is 3.13. The Morgan fingerprint density at radius 2 is 2.29 bits per heavy atom. The van der Waals surface area contributed by atoms with Crippen molar-refractivity contribution in [1.29, 1.82) is 0 Å². The van der Waals surface area contributed by atoms with Crippen molar-refractivity contribution < 1.29 is 0 Å². The molecule has 2 rings (SSSR count). The van der Waals surface area contributed by atoms with Crippen molar-refractivity contribution in [3.05, 3.63) is 40.4 Å². The van der Waals surface area contributed by atoms with Crippen LogP contribution in [0.3, 0.4) is 0 Å². The number of halogens is 1. The average Bonchev–Trinajstić information content (AvgIpc) is 2.41. The molecule has 0 spiro atoms. The summed E-state index contributed by atoms with van der Waals surface area (Å²) in [4.78, 5) is 0. The van der Waals surface area contributed by atoms with Crippen molar-refractivity contribution >= 4 is 17.7 Å². The topological polar surface area (TPSA) is 26.0 Å². The van der Waals surface area contributed by atoms with E-state index in [-0.39, 0.29) is 0 Å². The van der Waals surface area contributed by atoms with Crippen LogP contribution in [0.15, 0.2) is 24.3 Å². The molecule has 0 amide bonds. The minimum atomic E-state index is 0.499. The summed E-state index contributed by atoms with van der Waals surface area (Å²) in [6.07, 6.45) is 6.47. The van der Waals surface area contributed by atoms with Crippen molar-refractivity contribution in [1.82, 2.24) is 0 Å². The fraction of sp³-hybridized carbons (Fsp3) is 0.333. The second-order valence-corrected chi connectivity index (χ2v) is 4.11. The normalized spacial score (nSPS) is 20.3. The Morgan fingerprint density at radius 1 is 1.43 bits per heavy atom. The van der Waals surface area contributed by atoms with Gasteiger partial charge in [-0.3, -0.25) is 0 Å². The number of hydrogen-bond donors (Lipinski definition) is 1. The van der Waals surface area contributed by atoms with E-state index in [1.165, 1.54) is 11.1 Å². The second-order valence-electron chi connectivity index (χ2n) is 3.70. The van der Waals surface area contributed by atoms with E-state index in [4.69, 9.17) is 17.3 Å². The van der Waals surface area contributed by atoms with E-state index in [1.807, 2.05) is 12.1 Å². The lowest BCUT2D eigenvalue weighted by Crippen LogP contribution is -2.11. The number of fused-ring (bicyclic) bond motifs is 1. The molecular formula is C12H14ClN. The zero-order valence-corrected chi connectivity index (χ0v) is 8.80. The van der Waals surface area contributed by atoms with Crippen LogP contribution >= 0.6 is 11.6 Å². The summed E-state index contributed by atoms with van der Waals surface area (Å²) in [5.74, 6) is 0.499. The van der Waals surface area contributed by atoms with Crippen LogP contribution < -0.4 is 5.73 Å². The Bertz CT molecular complexity index is 357. The van der Waals surface area contributed by atoms with Crippen molar-refractivity contribution in [2.75, 3.05) is 6.54 Å². The first-order chi connectivity index (χ1) is 6.81. The van der Waals surface area contributed by atoms with E-state index in [9.17, 15) is 0 Å². The van der Waals surface area contributed by atoms with Gasteiger partial charge in [0.05, 0.1) is 0 Å². The Labute approximate surface area is 89.6 Å². The molecule has 0 aromatic heterocycles. The van der Waals surface area contributed by atoms with Crippen molar-refractivity contribution in [3.63, 3.8) is 0 Å². The highest BCUT2D eigenvalue weighted by Crippen LogP contribution is 2.27. The Kier molecular flexibility index (Phi) is 2.90. The van der Waals surface area contributed by atoms with Gasteiger partial charge in [0.2, 0.25) is 0 Å². The smallest absolute Gasteiger partial charge is 0.0443 e. The molecule has 1 aliphatic rings. The van der Waals surface area contributed by atoms with Gasteiger partial charge in [-0.05, 0) is 42.5 Å². The van der Waals surface area contributed by atoms with Gasteiger partial charge in [0.1, 0.15) is 0 Å². The lowest BCUT2D eigenvalue weighted by Gasteiger charge is -2.08. The number of nitrogens with two attached hydrogens (primary N) is 1. The van der Waals surface area contributed by atoms with Gasteiger partial charge in [0, 0.05) is 5.02 Å². The first-order valence-electron chi connectivity index (χ1n) is 4.97. The fourth-order valence-electron chi connectivity index (χ4n) is 1.86. The summed E-state index contributed by atoms with van der Waals surface area (Å²) in [7, 11) is 0. The van der Waals surface area contributed by atoms with E-state index in [0.29, 0.717) is 5.92 Å². The minimum Gasteiger partial charge on any atom is -0.330 e. The van der Waals surface area contributed by atoms with Gasteiger partial charge in [-0.2, -0.15) is 0 Å². The maximum atomic E-state index is 6.14. The van der Waals surface area contributed by atoms with Gasteiger partial charge >= 0.3 is 0 Å². The molecule has 0 saturated heterocycles. The molecule has 1 nitrogen and oxygen atoms in total. The van der Waals surface area contributed by atoms with E-state index in [1.54, 1.807) is 0 Å². The molecule has 0 bridgehead atoms. The van der Waals surface area contributed by atoms with E-state index in [0.717, 1.165) is 24.4 Å². The third-order valence-electron chi connectivity index (χ3n) is 2.77. The quantitative estimate of drug-likeness (QED) is 0.753. The Hall–Kier alpha value is -0.790. The van der Waals surface area contributed by atoms with Crippen molar-refractivity contribution in [2.45, 2.75) is 12.8 Å². The molecule has 1 aliphatic carbocycles. The highest BCUT2D eigenvalue weighted by molar-refractivity contribution is 6.31. The zero-order valence-electron chi connectivity index (χ0n) is 8.04. The lowest BCUT2D eigenvalue weighted by atomic mass is 10.0. The molecule has 14 heavy (non-hydrogen) atoms. The van der Waals surface area contributed by atoms with Gasteiger partial charge in [0.15, 0.2) is 0 Å². The highest BCUT2D eigenvalue weighted by Gasteiger charge is 2.11. The number of rotatable bonds is 1. The van der Waals surface area contributed by atoms with Crippen LogP contribution in [0.1, 0.15) is 17.5 Å². The molecular weight excluding hydrogens is 194 g/mol. The molecule has 0 saturated carbocycles. The summed E-state index contributed by atoms with van der Waals surface area (Å²) in [6, 6.07) is 6.06. The van der Waals surface area contributed by atoms with Crippen LogP contribution in [0, 0.1) is 5.92 Å². The Balaban J connectivity index is 2.35. The maximum absolute atomic E-state index is 6.14. The minimum absolute atomic E-state index is 0.499. The fourth-order valence-corrected chi connectivity index (χ4v) is 2.13. The van der Waals surface area contributed by atoms with Crippen molar-refractivity contribution in [2.24, 2.45) is 11.7 Å². The standard InChI is InChI=1S/C12H14ClN/c13-12-3-1-2-10-6-4-9(8-14)5-7-11(10)12/h1-4,6,9H,5,7-8,14H2. The first kappa shape index (κ1) is 9.75. The van der Waals surface area contributed by atoms with Gasteiger partial charge in [-0.15, -0.1) is 0 Å². The lowest BCUT2D eigenvalue weighted by molar-refractivity contribution is 0.607. The summed E-state index contributed by atoms with van der Waals surface area (Å²) < 4.78 is 0.